The summed E-state index contributed by atoms with van der Waals surface area (Å²) >= 11 is 0. The fourth-order valence-corrected chi connectivity index (χ4v) is 11.7. The number of unbranched alkanes of at least 4 members (excludes halogenated alkanes) is 30. The van der Waals surface area contributed by atoms with Crippen molar-refractivity contribution in [2.45, 2.75) is 334 Å². The maximum atomic E-state index is 13.0. The summed E-state index contributed by atoms with van der Waals surface area (Å²) in [6, 6.07) is 0. The van der Waals surface area contributed by atoms with Crippen LogP contribution in [0.15, 0.2) is 122 Å². The van der Waals surface area contributed by atoms with Crippen LogP contribution < -0.4 is 0 Å². The molecule has 18 heteroatoms. The van der Waals surface area contributed by atoms with Gasteiger partial charge in [0.1, 0.15) is 25.4 Å². The smallest absolute Gasteiger partial charge is 0.463 e. The molecule has 0 heterocycles. The molecule has 0 aliphatic heterocycles. The van der Waals surface area contributed by atoms with Crippen LogP contribution >= 0.6 is 15.6 Å². The van der Waals surface area contributed by atoms with E-state index in [4.69, 9.17) is 32.3 Å². The molecule has 0 aromatic heterocycles. The van der Waals surface area contributed by atoms with Gasteiger partial charge in [0.2, 0.25) is 0 Å². The Kier molecular flexibility index (Phi) is 70.7. The van der Waals surface area contributed by atoms with Gasteiger partial charge in [0.15, 0.2) is 6.10 Å². The van der Waals surface area contributed by atoms with Gasteiger partial charge in [-0.1, -0.05) is 277 Å². The summed E-state index contributed by atoms with van der Waals surface area (Å²) in [5.41, 5.74) is 0. The van der Waals surface area contributed by atoms with E-state index < -0.39 is 91.5 Å². The van der Waals surface area contributed by atoms with Crippen molar-refractivity contribution >= 4 is 33.6 Å². The number of allylic oxidation sites excluding steroid dienone is 20. The number of carbonyl (C=O) groups excluding carboxylic acids is 3. The fourth-order valence-electron chi connectivity index (χ4n) is 10.2. The largest absolute Gasteiger partial charge is 0.472 e. The molecule has 0 fully saturated rings. The van der Waals surface area contributed by atoms with Crippen molar-refractivity contribution < 1.29 is 75.8 Å². The van der Waals surface area contributed by atoms with Crippen molar-refractivity contribution in [2.75, 3.05) is 39.6 Å². The first kappa shape index (κ1) is 94.9. The Labute approximate surface area is 602 Å². The molecule has 0 aliphatic carbocycles. The molecule has 4 N–H and O–H groups in total. The van der Waals surface area contributed by atoms with Gasteiger partial charge in [-0.25, -0.2) is 9.13 Å². The van der Waals surface area contributed by atoms with Gasteiger partial charge < -0.3 is 34.2 Å². The van der Waals surface area contributed by atoms with E-state index in [0.29, 0.717) is 19.3 Å². The van der Waals surface area contributed by atoms with Crippen LogP contribution in [0.4, 0.5) is 0 Å². The number of rotatable bonds is 73. The lowest BCUT2D eigenvalue weighted by Gasteiger charge is -2.21. The molecule has 0 spiro atoms. The monoisotopic (exact) mass is 1430 g/mol. The third-order valence-corrected chi connectivity index (χ3v) is 18.0. The summed E-state index contributed by atoms with van der Waals surface area (Å²) in [5, 5.41) is 20.6. The normalized spacial score (nSPS) is 14.7. The Bertz CT molecular complexity index is 2290. The first-order chi connectivity index (χ1) is 48.2. The third-order valence-electron chi connectivity index (χ3n) is 16.1. The zero-order chi connectivity index (χ0) is 72.3. The zero-order valence-corrected chi connectivity index (χ0v) is 63.9. The Morgan fingerprint density at radius 1 is 0.283 bits per heavy atom. The highest BCUT2D eigenvalue weighted by molar-refractivity contribution is 7.47. The molecule has 0 amide bonds. The molecule has 0 aliphatic rings. The molecule has 0 aromatic rings. The minimum atomic E-state index is -4.94. The molecule has 0 radical (unpaired) electrons. The number of hydrogen-bond acceptors (Lipinski definition) is 14. The highest BCUT2D eigenvalue weighted by Gasteiger charge is 2.29. The van der Waals surface area contributed by atoms with Crippen LogP contribution in [0.3, 0.4) is 0 Å². The molecule has 5 atom stereocenters. The number of phosphoric ester groups is 2. The minimum Gasteiger partial charge on any atom is -0.463 e. The number of phosphoric acid groups is 2. The standard InChI is InChI=1S/C81H140O16P2/c1-4-7-10-13-16-19-22-25-28-30-32-34-36-37-39-41-42-44-47-49-52-55-58-61-64-67-79(84)91-70-76(82)71-93-98(87,88)94-72-77(83)73-95-99(89,90)96-75-78(97-81(86)69-66-63-60-57-54-51-46-27-24-21-18-15-12-9-6-3)74-92-80(85)68-65-62-59-56-53-50-48-45-43-40-38-35-33-31-29-26-23-20-17-14-11-8-5-2/h16-21,25-29,32-35,37,39-40,43,46,76-78,82-83H,4-15,22-24,30-31,36,38,41-42,44-45,47-75H2,1-3H3,(H,87,88)(H,89,90)/b19-16-,20-17-,21-18-,28-25-,29-26-,34-32-,35-33-,39-37-,43-40-,46-27-. The van der Waals surface area contributed by atoms with Crippen molar-refractivity contribution in [3.8, 4) is 0 Å². The Morgan fingerprint density at radius 3 is 0.798 bits per heavy atom. The first-order valence-electron chi connectivity index (χ1n) is 38.8. The number of ether oxygens (including phenoxy) is 3. The van der Waals surface area contributed by atoms with Gasteiger partial charge in [-0.2, -0.15) is 0 Å². The Balaban J connectivity index is 4.62. The van der Waals surface area contributed by atoms with Gasteiger partial charge in [-0.15, -0.1) is 0 Å². The van der Waals surface area contributed by atoms with Crippen molar-refractivity contribution in [2.24, 2.45) is 0 Å². The van der Waals surface area contributed by atoms with E-state index in [-0.39, 0.29) is 19.3 Å². The minimum absolute atomic E-state index is 0.0837. The van der Waals surface area contributed by atoms with E-state index in [0.717, 1.165) is 161 Å². The summed E-state index contributed by atoms with van der Waals surface area (Å²) in [7, 11) is -9.80. The summed E-state index contributed by atoms with van der Waals surface area (Å²) in [4.78, 5) is 58.6. The molecule has 0 saturated heterocycles. The number of esters is 3. The van der Waals surface area contributed by atoms with E-state index in [2.05, 4.69) is 142 Å². The zero-order valence-electron chi connectivity index (χ0n) is 62.1. The number of aliphatic hydroxyl groups is 2. The second-order valence-corrected chi connectivity index (χ2v) is 28.7. The van der Waals surface area contributed by atoms with Crippen LogP contribution in [0, 0.1) is 0 Å². The molecule has 570 valence electrons. The summed E-state index contributed by atoms with van der Waals surface area (Å²) in [6.07, 6.45) is 86.6. The highest BCUT2D eigenvalue weighted by Crippen LogP contribution is 2.45. The van der Waals surface area contributed by atoms with E-state index in [1.165, 1.54) is 96.3 Å². The molecule has 0 saturated carbocycles. The van der Waals surface area contributed by atoms with Gasteiger partial charge in [-0.3, -0.25) is 32.5 Å². The average molecular weight is 1430 g/mol. The first-order valence-corrected chi connectivity index (χ1v) is 41.8. The van der Waals surface area contributed by atoms with Crippen LogP contribution in [0.1, 0.15) is 316 Å². The van der Waals surface area contributed by atoms with E-state index >= 15 is 0 Å². The molecule has 0 bridgehead atoms. The van der Waals surface area contributed by atoms with Gasteiger partial charge in [0.25, 0.3) is 0 Å². The van der Waals surface area contributed by atoms with Gasteiger partial charge in [0.05, 0.1) is 26.4 Å². The van der Waals surface area contributed by atoms with Crippen LogP contribution in [0.25, 0.3) is 0 Å². The predicted molar refractivity (Wildman–Crippen MR) is 408 cm³/mol. The van der Waals surface area contributed by atoms with Gasteiger partial charge in [-0.05, 0) is 141 Å². The van der Waals surface area contributed by atoms with Crippen molar-refractivity contribution in [1.29, 1.82) is 0 Å². The van der Waals surface area contributed by atoms with Crippen LogP contribution in [-0.4, -0.2) is 95.9 Å². The van der Waals surface area contributed by atoms with Crippen LogP contribution in [0.5, 0.6) is 0 Å². The quantitative estimate of drug-likeness (QED) is 0.0146. The van der Waals surface area contributed by atoms with Crippen molar-refractivity contribution in [3.05, 3.63) is 122 Å². The highest BCUT2D eigenvalue weighted by atomic mass is 31.2. The molecule has 0 aromatic carbocycles. The molecule has 16 nitrogen and oxygen atoms in total. The Hall–Kier alpha value is -4.05. The average Bonchev–Trinajstić information content (AvgIpc) is 1.57. The maximum Gasteiger partial charge on any atom is 0.472 e. The lowest BCUT2D eigenvalue weighted by Crippen LogP contribution is -2.30. The summed E-state index contributed by atoms with van der Waals surface area (Å²) < 4.78 is 61.1. The second-order valence-electron chi connectivity index (χ2n) is 25.8. The number of hydrogen-bond donors (Lipinski definition) is 4. The van der Waals surface area contributed by atoms with E-state index in [1.807, 2.05) is 0 Å². The topological polar surface area (TPSA) is 231 Å². The molecule has 5 unspecified atom stereocenters. The molecular weight excluding hydrogens is 1290 g/mol. The fraction of sp³-hybridized carbons (Fsp3) is 0.716. The predicted octanol–water partition coefficient (Wildman–Crippen LogP) is 22.5. The number of carbonyl (C=O) groups is 3. The van der Waals surface area contributed by atoms with Crippen molar-refractivity contribution in [1.82, 2.24) is 0 Å². The van der Waals surface area contributed by atoms with Crippen molar-refractivity contribution in [3.63, 3.8) is 0 Å². The SMILES string of the molecule is CCCCC/C=C\C/C=C\C/C=C\C/C=C\CCCCCCCCCCCC(=O)OCC(O)COP(=O)(O)OCC(O)COP(=O)(O)OCC(COC(=O)CCCCCCCCC/C=C\C/C=C\C/C=C\C/C=C\CCCCC)OC(=O)CCCCCCC/C=C\C/C=C\CCCCC. The van der Waals surface area contributed by atoms with E-state index in [9.17, 15) is 43.5 Å². The van der Waals surface area contributed by atoms with Crippen LogP contribution in [0.2, 0.25) is 0 Å². The molecule has 0 rings (SSSR count). The maximum absolute atomic E-state index is 13.0. The summed E-state index contributed by atoms with van der Waals surface area (Å²) in [6.45, 7) is 2.57. The Morgan fingerprint density at radius 2 is 0.505 bits per heavy atom. The molecule has 99 heavy (non-hydrogen) atoms. The van der Waals surface area contributed by atoms with Gasteiger partial charge in [0, 0.05) is 19.3 Å². The third kappa shape index (κ3) is 74.9. The number of aliphatic hydroxyl groups excluding tert-OH is 2. The lowest BCUT2D eigenvalue weighted by molar-refractivity contribution is -0.161. The van der Waals surface area contributed by atoms with Crippen LogP contribution in [-0.2, 0) is 55.8 Å². The van der Waals surface area contributed by atoms with E-state index in [1.54, 1.807) is 0 Å². The second kappa shape index (κ2) is 73.7. The lowest BCUT2D eigenvalue weighted by atomic mass is 10.1. The summed E-state index contributed by atoms with van der Waals surface area (Å²) in [5.74, 6) is -1.61. The molecular formula is C81H140O16P2. The van der Waals surface area contributed by atoms with Gasteiger partial charge >= 0.3 is 33.6 Å².